The number of rotatable bonds is 6. The lowest BCUT2D eigenvalue weighted by atomic mass is 10.2. The lowest BCUT2D eigenvalue weighted by Crippen LogP contribution is -2.19. The van der Waals surface area contributed by atoms with Crippen LogP contribution in [0.5, 0.6) is 0 Å². The maximum Gasteiger partial charge on any atom is 0.389 e. The van der Waals surface area contributed by atoms with E-state index in [0.29, 0.717) is 12.2 Å². The number of aromatic nitrogens is 4. The Kier molecular flexibility index (Phi) is 4.32. The summed E-state index contributed by atoms with van der Waals surface area (Å²) in [7, 11) is 0. The van der Waals surface area contributed by atoms with Gasteiger partial charge in [-0.05, 0) is 28.7 Å². The van der Waals surface area contributed by atoms with Crippen LogP contribution in [-0.4, -0.2) is 30.4 Å². The summed E-state index contributed by atoms with van der Waals surface area (Å²) in [5, 5.41) is 21.2. The maximum absolute atomic E-state index is 12.0. The maximum atomic E-state index is 12.0. The summed E-state index contributed by atoms with van der Waals surface area (Å²) in [6.45, 7) is 0.499. The van der Waals surface area contributed by atoms with Crippen molar-refractivity contribution in [3.05, 3.63) is 70.7 Å². The standard InChI is InChI=1S/C15H14N6O3/c22-15(11-20-8-5-14(18-20)21(23)24)17-13-4-1-3-12(9-13)10-19-7-2-6-16-19/h1-9H,10-11H2,(H,17,22). The molecule has 0 bridgehead atoms. The quantitative estimate of drug-likeness (QED) is 0.547. The summed E-state index contributed by atoms with van der Waals surface area (Å²) in [6.07, 6.45) is 4.95. The summed E-state index contributed by atoms with van der Waals surface area (Å²) < 4.78 is 3.00. The monoisotopic (exact) mass is 326 g/mol. The zero-order valence-electron chi connectivity index (χ0n) is 12.6. The molecule has 0 fully saturated rings. The highest BCUT2D eigenvalue weighted by atomic mass is 16.6. The molecular weight excluding hydrogens is 312 g/mol. The molecule has 9 heteroatoms. The van der Waals surface area contributed by atoms with Gasteiger partial charge in [-0.3, -0.25) is 9.48 Å². The third-order valence-corrected chi connectivity index (χ3v) is 3.23. The average Bonchev–Trinajstić information content (AvgIpc) is 3.19. The van der Waals surface area contributed by atoms with E-state index in [9.17, 15) is 14.9 Å². The molecule has 0 unspecified atom stereocenters. The van der Waals surface area contributed by atoms with Crippen LogP contribution in [0.15, 0.2) is 55.0 Å². The smallest absolute Gasteiger partial charge is 0.358 e. The molecule has 122 valence electrons. The Bertz CT molecular complexity index is 856. The number of nitro groups is 1. The van der Waals surface area contributed by atoms with Gasteiger partial charge in [0.15, 0.2) is 0 Å². The van der Waals surface area contributed by atoms with E-state index in [1.54, 1.807) is 16.9 Å². The van der Waals surface area contributed by atoms with Gasteiger partial charge in [-0.1, -0.05) is 12.1 Å². The van der Waals surface area contributed by atoms with Crippen LogP contribution in [0.3, 0.4) is 0 Å². The van der Waals surface area contributed by atoms with Crippen molar-refractivity contribution in [1.29, 1.82) is 0 Å². The lowest BCUT2D eigenvalue weighted by Gasteiger charge is -2.07. The van der Waals surface area contributed by atoms with Gasteiger partial charge in [0.1, 0.15) is 6.54 Å². The molecule has 9 nitrogen and oxygen atoms in total. The van der Waals surface area contributed by atoms with Gasteiger partial charge in [0.05, 0.1) is 23.9 Å². The summed E-state index contributed by atoms with van der Waals surface area (Å²) in [5.41, 5.74) is 1.64. The molecule has 0 aliphatic rings. The van der Waals surface area contributed by atoms with E-state index in [2.05, 4.69) is 15.5 Å². The van der Waals surface area contributed by atoms with Crippen LogP contribution in [0.4, 0.5) is 11.5 Å². The van der Waals surface area contributed by atoms with E-state index in [0.717, 1.165) is 5.56 Å². The molecule has 24 heavy (non-hydrogen) atoms. The number of carbonyl (C=O) groups excluding carboxylic acids is 1. The molecule has 0 radical (unpaired) electrons. The first kappa shape index (κ1) is 15.4. The third kappa shape index (κ3) is 3.83. The fraction of sp³-hybridized carbons (Fsp3) is 0.133. The Balaban J connectivity index is 1.62. The van der Waals surface area contributed by atoms with Crippen molar-refractivity contribution in [3.63, 3.8) is 0 Å². The van der Waals surface area contributed by atoms with Crippen LogP contribution in [0.2, 0.25) is 0 Å². The van der Waals surface area contributed by atoms with Gasteiger partial charge in [-0.15, -0.1) is 0 Å². The van der Waals surface area contributed by atoms with Crippen LogP contribution in [0.25, 0.3) is 0 Å². The number of hydrogen-bond acceptors (Lipinski definition) is 5. The van der Waals surface area contributed by atoms with E-state index in [-0.39, 0.29) is 18.3 Å². The Morgan fingerprint density at radius 1 is 1.21 bits per heavy atom. The molecule has 3 aromatic rings. The number of anilines is 1. The van der Waals surface area contributed by atoms with Gasteiger partial charge < -0.3 is 15.4 Å². The average molecular weight is 326 g/mol. The minimum Gasteiger partial charge on any atom is -0.358 e. The van der Waals surface area contributed by atoms with Crippen LogP contribution >= 0.6 is 0 Å². The second kappa shape index (κ2) is 6.73. The van der Waals surface area contributed by atoms with Gasteiger partial charge >= 0.3 is 5.82 Å². The van der Waals surface area contributed by atoms with E-state index in [4.69, 9.17) is 0 Å². The second-order valence-electron chi connectivity index (χ2n) is 5.08. The summed E-state index contributed by atoms with van der Waals surface area (Å²) in [6, 6.07) is 10.5. The molecule has 0 saturated heterocycles. The van der Waals surface area contributed by atoms with Crippen molar-refractivity contribution in [2.75, 3.05) is 5.32 Å². The van der Waals surface area contributed by atoms with E-state index in [1.165, 1.54) is 16.9 Å². The van der Waals surface area contributed by atoms with Crippen molar-refractivity contribution in [3.8, 4) is 0 Å². The molecule has 2 aromatic heterocycles. The highest BCUT2D eigenvalue weighted by molar-refractivity contribution is 5.90. The number of carbonyl (C=O) groups is 1. The lowest BCUT2D eigenvalue weighted by molar-refractivity contribution is -0.389. The molecule has 0 aliphatic carbocycles. The molecule has 1 aromatic carbocycles. The minimum absolute atomic E-state index is 0.1000. The first-order valence-corrected chi connectivity index (χ1v) is 7.14. The van der Waals surface area contributed by atoms with Gasteiger partial charge in [0.25, 0.3) is 0 Å². The van der Waals surface area contributed by atoms with E-state index >= 15 is 0 Å². The van der Waals surface area contributed by atoms with E-state index in [1.807, 2.05) is 30.5 Å². The zero-order valence-corrected chi connectivity index (χ0v) is 12.6. The summed E-state index contributed by atoms with van der Waals surface area (Å²) >= 11 is 0. The molecule has 0 saturated carbocycles. The van der Waals surface area contributed by atoms with Crippen molar-refractivity contribution in [2.24, 2.45) is 0 Å². The molecule has 0 atom stereocenters. The Morgan fingerprint density at radius 3 is 2.79 bits per heavy atom. The van der Waals surface area contributed by atoms with Crippen molar-refractivity contribution in [2.45, 2.75) is 13.1 Å². The van der Waals surface area contributed by atoms with Crippen LogP contribution in [0.1, 0.15) is 5.56 Å². The number of benzene rings is 1. The van der Waals surface area contributed by atoms with Crippen LogP contribution < -0.4 is 5.32 Å². The molecule has 0 aliphatic heterocycles. The second-order valence-corrected chi connectivity index (χ2v) is 5.08. The topological polar surface area (TPSA) is 108 Å². The Hall–Kier alpha value is -3.49. The minimum atomic E-state index is -0.604. The number of amides is 1. The van der Waals surface area contributed by atoms with Gasteiger partial charge in [-0.25, -0.2) is 0 Å². The molecular formula is C15H14N6O3. The van der Waals surface area contributed by atoms with Crippen molar-refractivity contribution < 1.29 is 9.72 Å². The van der Waals surface area contributed by atoms with E-state index < -0.39 is 4.92 Å². The van der Waals surface area contributed by atoms with Crippen LogP contribution in [-0.2, 0) is 17.9 Å². The predicted molar refractivity (Wildman–Crippen MR) is 85.3 cm³/mol. The molecule has 3 rings (SSSR count). The van der Waals surface area contributed by atoms with Crippen molar-refractivity contribution in [1.82, 2.24) is 19.6 Å². The highest BCUT2D eigenvalue weighted by Crippen LogP contribution is 2.12. The third-order valence-electron chi connectivity index (χ3n) is 3.23. The molecule has 2 heterocycles. The highest BCUT2D eigenvalue weighted by Gasteiger charge is 2.13. The SMILES string of the molecule is O=C(Cn1ccc([N+](=O)[O-])n1)Nc1cccc(Cn2cccn2)c1. The largest absolute Gasteiger partial charge is 0.389 e. The summed E-state index contributed by atoms with van der Waals surface area (Å²) in [5.74, 6) is -0.603. The van der Waals surface area contributed by atoms with Gasteiger partial charge in [0, 0.05) is 18.1 Å². The molecule has 0 spiro atoms. The zero-order chi connectivity index (χ0) is 16.9. The number of nitrogens with zero attached hydrogens (tertiary/aromatic N) is 5. The Labute approximate surface area is 136 Å². The molecule has 1 N–H and O–H groups in total. The fourth-order valence-corrected chi connectivity index (χ4v) is 2.21. The first-order valence-electron chi connectivity index (χ1n) is 7.14. The fourth-order valence-electron chi connectivity index (χ4n) is 2.21. The number of nitrogens with one attached hydrogen (secondary N) is 1. The summed E-state index contributed by atoms with van der Waals surface area (Å²) in [4.78, 5) is 22.0. The molecule has 1 amide bonds. The van der Waals surface area contributed by atoms with Gasteiger partial charge in [0.2, 0.25) is 5.91 Å². The van der Waals surface area contributed by atoms with Crippen LogP contribution in [0, 0.1) is 10.1 Å². The predicted octanol–water partition coefficient (Wildman–Crippen LogP) is 1.67. The normalized spacial score (nSPS) is 10.5. The number of hydrogen-bond donors (Lipinski definition) is 1. The first-order chi connectivity index (χ1) is 11.6. The Morgan fingerprint density at radius 2 is 2.08 bits per heavy atom. The van der Waals surface area contributed by atoms with Crippen molar-refractivity contribution >= 4 is 17.4 Å². The van der Waals surface area contributed by atoms with Gasteiger partial charge in [-0.2, -0.15) is 9.78 Å².